The van der Waals surface area contributed by atoms with E-state index in [2.05, 4.69) is 5.32 Å². The molecule has 0 unspecified atom stereocenters. The van der Waals surface area contributed by atoms with E-state index in [4.69, 9.17) is 0 Å². The lowest BCUT2D eigenvalue weighted by Gasteiger charge is -2.16. The minimum absolute atomic E-state index is 0.143. The van der Waals surface area contributed by atoms with Crippen molar-refractivity contribution in [3.05, 3.63) is 84.4 Å². The van der Waals surface area contributed by atoms with E-state index < -0.39 is 0 Å². The highest BCUT2D eigenvalue weighted by Crippen LogP contribution is 2.28. The van der Waals surface area contributed by atoms with Crippen LogP contribution >= 0.6 is 0 Å². The summed E-state index contributed by atoms with van der Waals surface area (Å²) in [5.41, 5.74) is 4.21. The number of rotatable bonds is 4. The first kappa shape index (κ1) is 17.0. The zero-order chi connectivity index (χ0) is 18.6. The van der Waals surface area contributed by atoms with Crippen molar-refractivity contribution in [3.63, 3.8) is 0 Å². The fourth-order valence-electron chi connectivity index (χ4n) is 3.37. The fourth-order valence-corrected chi connectivity index (χ4v) is 3.37. The van der Waals surface area contributed by atoms with Crippen molar-refractivity contribution < 1.29 is 9.59 Å². The van der Waals surface area contributed by atoms with Gasteiger partial charge in [0.05, 0.1) is 0 Å². The zero-order valence-electron chi connectivity index (χ0n) is 14.9. The van der Waals surface area contributed by atoms with Crippen LogP contribution in [0.3, 0.4) is 0 Å². The number of hydrogen-bond donors (Lipinski definition) is 1. The zero-order valence-corrected chi connectivity index (χ0v) is 14.9. The van der Waals surface area contributed by atoms with Gasteiger partial charge < -0.3 is 10.2 Å². The van der Waals surface area contributed by atoms with Crippen molar-refractivity contribution in [1.82, 2.24) is 0 Å². The molecule has 2 amide bonds. The number of carbonyl (C=O) groups excluding carboxylic acids is 2. The maximum absolute atomic E-state index is 12.7. The predicted octanol–water partition coefficient (Wildman–Crippen LogP) is 4.73. The maximum Gasteiger partial charge on any atom is 0.255 e. The third-order valence-electron chi connectivity index (χ3n) is 4.77. The molecule has 4 nitrogen and oxygen atoms in total. The summed E-state index contributed by atoms with van der Waals surface area (Å²) in [6.07, 6.45) is 1.48. The number of nitrogens with zero attached hydrogens (tertiary/aromatic N) is 1. The van der Waals surface area contributed by atoms with Crippen LogP contribution in [-0.2, 0) is 4.79 Å². The van der Waals surface area contributed by atoms with E-state index >= 15 is 0 Å². The van der Waals surface area contributed by atoms with Crippen LogP contribution in [0.25, 0.3) is 11.1 Å². The Kier molecular flexibility index (Phi) is 4.71. The first-order valence-corrected chi connectivity index (χ1v) is 9.08. The lowest BCUT2D eigenvalue weighted by Crippen LogP contribution is -2.23. The van der Waals surface area contributed by atoms with Crippen LogP contribution in [0.2, 0.25) is 0 Å². The summed E-state index contributed by atoms with van der Waals surface area (Å²) in [5.74, 6) is -0.0262. The van der Waals surface area contributed by atoms with Gasteiger partial charge in [-0.25, -0.2) is 0 Å². The van der Waals surface area contributed by atoms with Crippen molar-refractivity contribution in [3.8, 4) is 11.1 Å². The number of amides is 2. The summed E-state index contributed by atoms with van der Waals surface area (Å²) in [6, 6.07) is 24.9. The van der Waals surface area contributed by atoms with Crippen molar-refractivity contribution in [2.45, 2.75) is 12.8 Å². The van der Waals surface area contributed by atoms with E-state index in [-0.39, 0.29) is 11.8 Å². The third kappa shape index (κ3) is 3.60. The lowest BCUT2D eigenvalue weighted by atomic mass is 10.0. The summed E-state index contributed by atoms with van der Waals surface area (Å²) in [6.45, 7) is 0.745. The normalized spacial score (nSPS) is 13.6. The Labute approximate surface area is 158 Å². The summed E-state index contributed by atoms with van der Waals surface area (Å²) in [7, 11) is 0. The van der Waals surface area contributed by atoms with Crippen molar-refractivity contribution in [2.75, 3.05) is 16.8 Å². The van der Waals surface area contributed by atoms with E-state index in [1.54, 1.807) is 17.0 Å². The first-order valence-electron chi connectivity index (χ1n) is 9.08. The monoisotopic (exact) mass is 356 g/mol. The molecule has 27 heavy (non-hydrogen) atoms. The van der Waals surface area contributed by atoms with E-state index in [9.17, 15) is 9.59 Å². The van der Waals surface area contributed by atoms with Crippen molar-refractivity contribution in [2.24, 2.45) is 0 Å². The second-order valence-corrected chi connectivity index (χ2v) is 6.56. The second-order valence-electron chi connectivity index (χ2n) is 6.56. The molecule has 4 heteroatoms. The molecule has 0 atom stereocenters. The highest BCUT2D eigenvalue weighted by molar-refractivity contribution is 6.06. The molecule has 1 N–H and O–H groups in total. The van der Waals surface area contributed by atoms with Gasteiger partial charge in [0.15, 0.2) is 0 Å². The Morgan fingerprint density at radius 2 is 1.56 bits per heavy atom. The highest BCUT2D eigenvalue weighted by atomic mass is 16.2. The number of para-hydroxylation sites is 1. The van der Waals surface area contributed by atoms with Gasteiger partial charge in [0.2, 0.25) is 5.91 Å². The molecule has 134 valence electrons. The molecular weight excluding hydrogens is 336 g/mol. The number of hydrogen-bond acceptors (Lipinski definition) is 2. The molecule has 0 radical (unpaired) electrons. The van der Waals surface area contributed by atoms with Crippen LogP contribution in [0.1, 0.15) is 23.2 Å². The molecule has 0 aliphatic carbocycles. The van der Waals surface area contributed by atoms with E-state index in [0.717, 1.165) is 35.5 Å². The molecule has 1 aliphatic rings. The standard InChI is InChI=1S/C23H20N2O2/c26-22-11-6-16-25(22)19-14-12-18(13-15-19)23(27)24-21-10-5-4-9-20(21)17-7-2-1-3-8-17/h1-5,7-10,12-15H,6,11,16H2,(H,24,27). The van der Waals surface area contributed by atoms with Crippen LogP contribution < -0.4 is 10.2 Å². The minimum atomic E-state index is -0.169. The Balaban J connectivity index is 1.54. The van der Waals surface area contributed by atoms with Crippen LogP contribution in [0.4, 0.5) is 11.4 Å². The minimum Gasteiger partial charge on any atom is -0.321 e. The molecule has 0 saturated carbocycles. The Morgan fingerprint density at radius 3 is 2.26 bits per heavy atom. The van der Waals surface area contributed by atoms with Crippen LogP contribution in [-0.4, -0.2) is 18.4 Å². The molecule has 0 aromatic heterocycles. The predicted molar refractivity (Wildman–Crippen MR) is 108 cm³/mol. The average molecular weight is 356 g/mol. The molecule has 1 heterocycles. The quantitative estimate of drug-likeness (QED) is 0.734. The van der Waals surface area contributed by atoms with Crippen LogP contribution in [0.5, 0.6) is 0 Å². The highest BCUT2D eigenvalue weighted by Gasteiger charge is 2.21. The largest absolute Gasteiger partial charge is 0.321 e. The van der Waals surface area contributed by atoms with Gasteiger partial charge in [0.25, 0.3) is 5.91 Å². The number of nitrogens with one attached hydrogen (secondary N) is 1. The van der Waals surface area contributed by atoms with E-state index in [1.807, 2.05) is 66.7 Å². The van der Waals surface area contributed by atoms with Gasteiger partial charge in [0.1, 0.15) is 0 Å². The van der Waals surface area contributed by atoms with Crippen molar-refractivity contribution >= 4 is 23.2 Å². The molecule has 0 bridgehead atoms. The molecular formula is C23H20N2O2. The molecule has 1 aliphatic heterocycles. The molecule has 3 aromatic carbocycles. The SMILES string of the molecule is O=C(Nc1ccccc1-c1ccccc1)c1ccc(N2CCCC2=O)cc1. The summed E-state index contributed by atoms with van der Waals surface area (Å²) in [5, 5.41) is 3.00. The summed E-state index contributed by atoms with van der Waals surface area (Å²) >= 11 is 0. The molecule has 3 aromatic rings. The smallest absolute Gasteiger partial charge is 0.255 e. The Morgan fingerprint density at radius 1 is 0.852 bits per heavy atom. The van der Waals surface area contributed by atoms with Gasteiger partial charge >= 0.3 is 0 Å². The van der Waals surface area contributed by atoms with Gasteiger partial charge in [-0.15, -0.1) is 0 Å². The molecule has 0 spiro atoms. The molecule has 1 saturated heterocycles. The van der Waals surface area contributed by atoms with Crippen LogP contribution in [0.15, 0.2) is 78.9 Å². The first-order chi connectivity index (χ1) is 13.2. The lowest BCUT2D eigenvalue weighted by molar-refractivity contribution is -0.117. The Hall–Kier alpha value is -3.40. The van der Waals surface area contributed by atoms with Gasteiger partial charge in [0, 0.05) is 35.5 Å². The second kappa shape index (κ2) is 7.46. The molecule has 1 fully saturated rings. The topological polar surface area (TPSA) is 49.4 Å². The van der Waals surface area contributed by atoms with Gasteiger partial charge in [-0.05, 0) is 42.3 Å². The van der Waals surface area contributed by atoms with Gasteiger partial charge in [-0.3, -0.25) is 9.59 Å². The number of anilines is 2. The maximum atomic E-state index is 12.7. The molecule has 4 rings (SSSR count). The summed E-state index contributed by atoms with van der Waals surface area (Å²) in [4.78, 5) is 26.3. The number of carbonyl (C=O) groups is 2. The average Bonchev–Trinajstić information content (AvgIpc) is 3.15. The fraction of sp³-hybridized carbons (Fsp3) is 0.130. The van der Waals surface area contributed by atoms with E-state index in [1.165, 1.54) is 0 Å². The third-order valence-corrected chi connectivity index (χ3v) is 4.77. The Bertz CT molecular complexity index is 965. The van der Waals surface area contributed by atoms with Gasteiger partial charge in [-0.2, -0.15) is 0 Å². The van der Waals surface area contributed by atoms with Crippen molar-refractivity contribution in [1.29, 1.82) is 0 Å². The van der Waals surface area contributed by atoms with E-state index in [0.29, 0.717) is 12.0 Å². The van der Waals surface area contributed by atoms with Crippen LogP contribution in [0, 0.1) is 0 Å². The number of benzene rings is 3. The summed E-state index contributed by atoms with van der Waals surface area (Å²) < 4.78 is 0. The van der Waals surface area contributed by atoms with Gasteiger partial charge in [-0.1, -0.05) is 48.5 Å².